The number of nitro benzene ring substituents is 1. The molecule has 0 aliphatic rings. The number of benzene rings is 2. The van der Waals surface area contributed by atoms with Gasteiger partial charge >= 0.3 is 0 Å². The predicted molar refractivity (Wildman–Crippen MR) is 101 cm³/mol. The predicted octanol–water partition coefficient (Wildman–Crippen LogP) is 2.28. The standard InChI is InChI=1S/C18H17ClN4O5/c1-11(24)20-16(12-5-7-14(19)8-6-12)10-17(25)21-22-18(26)13-3-2-4-15(9-13)23(27)28/h2-9,16H,10H2,1H3,(H,20,24)(H,21,25)(H,22,26). The lowest BCUT2D eigenvalue weighted by atomic mass is 10.0. The van der Waals surface area contributed by atoms with Gasteiger partial charge in [-0.05, 0) is 23.8 Å². The molecule has 0 saturated carbocycles. The van der Waals surface area contributed by atoms with E-state index in [1.165, 1.54) is 25.1 Å². The monoisotopic (exact) mass is 404 g/mol. The van der Waals surface area contributed by atoms with Crippen molar-refractivity contribution in [3.8, 4) is 0 Å². The number of carbonyl (C=O) groups excluding carboxylic acids is 3. The summed E-state index contributed by atoms with van der Waals surface area (Å²) < 4.78 is 0. The van der Waals surface area contributed by atoms with Crippen LogP contribution in [0.1, 0.15) is 35.3 Å². The van der Waals surface area contributed by atoms with E-state index < -0.39 is 22.8 Å². The molecule has 1 unspecified atom stereocenters. The van der Waals surface area contributed by atoms with Crippen molar-refractivity contribution in [3.05, 3.63) is 74.8 Å². The number of non-ortho nitro benzene ring substituents is 1. The van der Waals surface area contributed by atoms with E-state index in [4.69, 9.17) is 11.6 Å². The number of nitrogens with one attached hydrogen (secondary N) is 3. The highest BCUT2D eigenvalue weighted by molar-refractivity contribution is 6.30. The number of carbonyl (C=O) groups is 3. The average molecular weight is 405 g/mol. The van der Waals surface area contributed by atoms with Gasteiger partial charge in [0.2, 0.25) is 11.8 Å². The van der Waals surface area contributed by atoms with E-state index in [9.17, 15) is 24.5 Å². The second-order valence-electron chi connectivity index (χ2n) is 5.82. The zero-order valence-corrected chi connectivity index (χ0v) is 15.5. The first-order valence-electron chi connectivity index (χ1n) is 8.12. The molecule has 0 bridgehead atoms. The summed E-state index contributed by atoms with van der Waals surface area (Å²) in [5.74, 6) is -1.60. The van der Waals surface area contributed by atoms with Crippen molar-refractivity contribution in [1.82, 2.24) is 16.2 Å². The maximum atomic E-state index is 12.2. The van der Waals surface area contributed by atoms with Crippen LogP contribution in [0.3, 0.4) is 0 Å². The zero-order chi connectivity index (χ0) is 20.7. The Balaban J connectivity index is 1.99. The molecule has 10 heteroatoms. The van der Waals surface area contributed by atoms with Gasteiger partial charge in [0, 0.05) is 29.6 Å². The van der Waals surface area contributed by atoms with Gasteiger partial charge in [-0.15, -0.1) is 0 Å². The van der Waals surface area contributed by atoms with Gasteiger partial charge in [-0.2, -0.15) is 0 Å². The number of amides is 3. The molecule has 0 fully saturated rings. The molecule has 0 spiro atoms. The molecule has 0 aliphatic heterocycles. The lowest BCUT2D eigenvalue weighted by Gasteiger charge is -2.18. The second-order valence-corrected chi connectivity index (χ2v) is 6.25. The Kier molecular flexibility index (Phi) is 7.05. The fourth-order valence-electron chi connectivity index (χ4n) is 2.39. The van der Waals surface area contributed by atoms with E-state index in [1.54, 1.807) is 24.3 Å². The van der Waals surface area contributed by atoms with Gasteiger partial charge in [-0.3, -0.25) is 35.3 Å². The lowest BCUT2D eigenvalue weighted by Crippen LogP contribution is -2.43. The first-order chi connectivity index (χ1) is 13.3. The van der Waals surface area contributed by atoms with Crippen LogP contribution in [-0.4, -0.2) is 22.6 Å². The molecule has 0 radical (unpaired) electrons. The average Bonchev–Trinajstić information content (AvgIpc) is 2.66. The maximum absolute atomic E-state index is 12.2. The Bertz CT molecular complexity index is 901. The van der Waals surface area contributed by atoms with Gasteiger partial charge in [0.25, 0.3) is 11.6 Å². The number of nitrogens with zero attached hydrogens (tertiary/aromatic N) is 1. The Morgan fingerprint density at radius 1 is 1.11 bits per heavy atom. The highest BCUT2D eigenvalue weighted by Gasteiger charge is 2.18. The molecule has 3 amide bonds. The quantitative estimate of drug-likeness (QED) is 0.502. The summed E-state index contributed by atoms with van der Waals surface area (Å²) in [6, 6.07) is 11.1. The SMILES string of the molecule is CC(=O)NC(CC(=O)NNC(=O)c1cccc([N+](=O)[O-])c1)c1ccc(Cl)cc1. The van der Waals surface area contributed by atoms with Crippen molar-refractivity contribution in [3.63, 3.8) is 0 Å². The number of hydrogen-bond acceptors (Lipinski definition) is 5. The molecule has 0 aromatic heterocycles. The van der Waals surface area contributed by atoms with Crippen molar-refractivity contribution in [2.75, 3.05) is 0 Å². The van der Waals surface area contributed by atoms with E-state index >= 15 is 0 Å². The molecule has 28 heavy (non-hydrogen) atoms. The zero-order valence-electron chi connectivity index (χ0n) is 14.8. The Labute approximate surface area is 165 Å². The topological polar surface area (TPSA) is 130 Å². The Morgan fingerprint density at radius 2 is 1.79 bits per heavy atom. The van der Waals surface area contributed by atoms with Crippen molar-refractivity contribution in [2.24, 2.45) is 0 Å². The number of hydrogen-bond donors (Lipinski definition) is 3. The van der Waals surface area contributed by atoms with Crippen LogP contribution in [0.2, 0.25) is 5.02 Å². The van der Waals surface area contributed by atoms with Crippen LogP contribution >= 0.6 is 11.6 Å². The Hall–Kier alpha value is -3.46. The molecule has 146 valence electrons. The number of nitro groups is 1. The van der Waals surface area contributed by atoms with Crippen LogP contribution in [0.5, 0.6) is 0 Å². The third kappa shape index (κ3) is 6.06. The summed E-state index contributed by atoms with van der Waals surface area (Å²) in [6.07, 6.45) is -0.142. The highest BCUT2D eigenvalue weighted by atomic mass is 35.5. The molecule has 0 heterocycles. The minimum atomic E-state index is -0.709. The van der Waals surface area contributed by atoms with Crippen molar-refractivity contribution < 1.29 is 19.3 Å². The van der Waals surface area contributed by atoms with E-state index in [2.05, 4.69) is 16.2 Å². The molecule has 0 saturated heterocycles. The van der Waals surface area contributed by atoms with Gasteiger partial charge in [-0.25, -0.2) is 0 Å². The van der Waals surface area contributed by atoms with Crippen LogP contribution in [-0.2, 0) is 9.59 Å². The summed E-state index contributed by atoms with van der Waals surface area (Å²) in [4.78, 5) is 45.8. The van der Waals surface area contributed by atoms with E-state index in [-0.39, 0.29) is 23.6 Å². The third-order valence-electron chi connectivity index (χ3n) is 3.67. The molecule has 2 rings (SSSR count). The lowest BCUT2D eigenvalue weighted by molar-refractivity contribution is -0.384. The summed E-state index contributed by atoms with van der Waals surface area (Å²) in [5.41, 5.74) is 4.86. The molecule has 0 aliphatic carbocycles. The third-order valence-corrected chi connectivity index (χ3v) is 3.93. The fourth-order valence-corrected chi connectivity index (χ4v) is 2.51. The van der Waals surface area contributed by atoms with Crippen LogP contribution in [0.25, 0.3) is 0 Å². The van der Waals surface area contributed by atoms with Crippen LogP contribution in [0, 0.1) is 10.1 Å². The van der Waals surface area contributed by atoms with Crippen LogP contribution < -0.4 is 16.2 Å². The maximum Gasteiger partial charge on any atom is 0.270 e. The highest BCUT2D eigenvalue weighted by Crippen LogP contribution is 2.19. The number of rotatable bonds is 6. The molecule has 9 nitrogen and oxygen atoms in total. The first kappa shape index (κ1) is 20.8. The first-order valence-corrected chi connectivity index (χ1v) is 8.50. The normalized spacial score (nSPS) is 11.2. The fraction of sp³-hybridized carbons (Fsp3) is 0.167. The van der Waals surface area contributed by atoms with Gasteiger partial charge in [0.15, 0.2) is 0 Å². The smallest absolute Gasteiger partial charge is 0.270 e. The van der Waals surface area contributed by atoms with Crippen molar-refractivity contribution in [2.45, 2.75) is 19.4 Å². The van der Waals surface area contributed by atoms with Gasteiger partial charge in [0.05, 0.1) is 17.4 Å². The molecular formula is C18H17ClN4O5. The molecule has 1 atom stereocenters. The summed E-state index contributed by atoms with van der Waals surface area (Å²) >= 11 is 5.85. The van der Waals surface area contributed by atoms with Crippen LogP contribution in [0.15, 0.2) is 48.5 Å². The largest absolute Gasteiger partial charge is 0.349 e. The van der Waals surface area contributed by atoms with E-state index in [1.807, 2.05) is 0 Å². The van der Waals surface area contributed by atoms with Crippen molar-refractivity contribution in [1.29, 1.82) is 0 Å². The minimum Gasteiger partial charge on any atom is -0.349 e. The molecule has 2 aromatic rings. The van der Waals surface area contributed by atoms with Gasteiger partial charge < -0.3 is 5.32 Å². The minimum absolute atomic E-state index is 0.0191. The Morgan fingerprint density at radius 3 is 2.39 bits per heavy atom. The van der Waals surface area contributed by atoms with Crippen molar-refractivity contribution >= 4 is 35.0 Å². The van der Waals surface area contributed by atoms with Gasteiger partial charge in [0.1, 0.15) is 0 Å². The van der Waals surface area contributed by atoms with E-state index in [0.29, 0.717) is 10.6 Å². The summed E-state index contributed by atoms with van der Waals surface area (Å²) in [7, 11) is 0. The second kappa shape index (κ2) is 9.47. The van der Waals surface area contributed by atoms with Crippen LogP contribution in [0.4, 0.5) is 5.69 Å². The summed E-state index contributed by atoms with van der Waals surface area (Å²) in [5, 5.41) is 13.9. The molecule has 3 N–H and O–H groups in total. The molecular weight excluding hydrogens is 388 g/mol. The van der Waals surface area contributed by atoms with Gasteiger partial charge in [-0.1, -0.05) is 29.8 Å². The number of hydrazine groups is 1. The van der Waals surface area contributed by atoms with E-state index in [0.717, 1.165) is 6.07 Å². The molecule has 2 aromatic carbocycles. The summed E-state index contributed by atoms with van der Waals surface area (Å²) in [6.45, 7) is 1.32. The number of halogens is 1.